The van der Waals surface area contributed by atoms with E-state index >= 15 is 0 Å². The fourth-order valence-corrected chi connectivity index (χ4v) is 2.88. The van der Waals surface area contributed by atoms with Crippen molar-refractivity contribution in [3.8, 4) is 0 Å². The van der Waals surface area contributed by atoms with Crippen LogP contribution < -0.4 is 0 Å². The number of rotatable bonds is 4. The van der Waals surface area contributed by atoms with E-state index in [1.54, 1.807) is 13.2 Å². The zero-order valence-electron chi connectivity index (χ0n) is 11.4. The molecule has 1 N–H and O–H groups in total. The van der Waals surface area contributed by atoms with Crippen molar-refractivity contribution in [1.82, 2.24) is 4.57 Å². The fourth-order valence-electron chi connectivity index (χ4n) is 2.88. The van der Waals surface area contributed by atoms with Crippen molar-refractivity contribution in [2.75, 3.05) is 0 Å². The summed E-state index contributed by atoms with van der Waals surface area (Å²) in [6.07, 6.45) is 9.43. The summed E-state index contributed by atoms with van der Waals surface area (Å²) in [6.45, 7) is 0. The molecule has 104 valence electrons. The molecule has 0 amide bonds. The first-order chi connectivity index (χ1) is 9.08. The maximum Gasteiger partial charge on any atom is 0.352 e. The lowest BCUT2D eigenvalue weighted by molar-refractivity contribution is 0.0686. The second-order valence-corrected chi connectivity index (χ2v) is 5.51. The van der Waals surface area contributed by atoms with Gasteiger partial charge in [0.1, 0.15) is 5.69 Å². The predicted molar refractivity (Wildman–Crippen MR) is 72.5 cm³/mol. The minimum atomic E-state index is -0.990. The van der Waals surface area contributed by atoms with Crippen LogP contribution in [0.3, 0.4) is 0 Å². The fraction of sp³-hybridized carbons (Fsp3) is 0.600. The molecule has 0 spiro atoms. The van der Waals surface area contributed by atoms with Gasteiger partial charge in [-0.05, 0) is 12.0 Å². The molecule has 1 heterocycles. The molecule has 0 unspecified atom stereocenters. The van der Waals surface area contributed by atoms with Gasteiger partial charge in [-0.3, -0.25) is 4.79 Å². The van der Waals surface area contributed by atoms with Crippen LogP contribution in [-0.4, -0.2) is 21.4 Å². The molecule has 4 nitrogen and oxygen atoms in total. The molecule has 0 radical (unpaired) electrons. The molecule has 0 saturated heterocycles. The van der Waals surface area contributed by atoms with Crippen molar-refractivity contribution in [3.63, 3.8) is 0 Å². The van der Waals surface area contributed by atoms with E-state index in [0.717, 1.165) is 12.8 Å². The van der Waals surface area contributed by atoms with Crippen molar-refractivity contribution in [2.45, 2.75) is 44.9 Å². The molecular weight excluding hydrogens is 242 g/mol. The van der Waals surface area contributed by atoms with E-state index in [9.17, 15) is 9.59 Å². The molecule has 1 aliphatic rings. The van der Waals surface area contributed by atoms with Crippen LogP contribution in [0, 0.1) is 5.92 Å². The number of carbonyl (C=O) groups excluding carboxylic acids is 1. The number of carboxylic acid groups (broad SMARTS) is 1. The Morgan fingerprint density at radius 2 is 1.89 bits per heavy atom. The average molecular weight is 263 g/mol. The number of aromatic nitrogens is 1. The highest BCUT2D eigenvalue weighted by molar-refractivity contribution is 5.98. The van der Waals surface area contributed by atoms with Crippen LogP contribution >= 0.6 is 0 Å². The smallest absolute Gasteiger partial charge is 0.352 e. The van der Waals surface area contributed by atoms with E-state index in [2.05, 4.69) is 0 Å². The lowest BCUT2D eigenvalue weighted by Gasteiger charge is -2.11. The zero-order valence-corrected chi connectivity index (χ0v) is 11.4. The van der Waals surface area contributed by atoms with Gasteiger partial charge < -0.3 is 9.67 Å². The van der Waals surface area contributed by atoms with E-state index in [0.29, 0.717) is 17.9 Å². The maximum absolute atomic E-state index is 12.2. The number of hydrogen-bond donors (Lipinski definition) is 1. The summed E-state index contributed by atoms with van der Waals surface area (Å²) < 4.78 is 1.50. The van der Waals surface area contributed by atoms with Crippen LogP contribution in [0.25, 0.3) is 0 Å². The minimum Gasteiger partial charge on any atom is -0.477 e. The molecule has 1 aromatic heterocycles. The van der Waals surface area contributed by atoms with Gasteiger partial charge in [-0.15, -0.1) is 0 Å². The van der Waals surface area contributed by atoms with Gasteiger partial charge in [0.25, 0.3) is 0 Å². The summed E-state index contributed by atoms with van der Waals surface area (Å²) in [5, 5.41) is 8.99. The summed E-state index contributed by atoms with van der Waals surface area (Å²) in [5.74, 6) is -0.436. The molecule has 4 heteroatoms. The molecule has 19 heavy (non-hydrogen) atoms. The Kier molecular flexibility index (Phi) is 4.40. The third kappa shape index (κ3) is 3.46. The Labute approximate surface area is 113 Å². The van der Waals surface area contributed by atoms with Gasteiger partial charge in [-0.1, -0.05) is 38.5 Å². The van der Waals surface area contributed by atoms with E-state index in [-0.39, 0.29) is 11.5 Å². The van der Waals surface area contributed by atoms with Crippen molar-refractivity contribution in [1.29, 1.82) is 0 Å². The summed E-state index contributed by atoms with van der Waals surface area (Å²) in [5.41, 5.74) is 0.702. The SMILES string of the molecule is Cn1cc(C(=O)CC2CCCCCC2)cc1C(=O)O. The first-order valence-corrected chi connectivity index (χ1v) is 7.01. The van der Waals surface area contributed by atoms with E-state index in [1.165, 1.54) is 36.3 Å². The van der Waals surface area contributed by atoms with Gasteiger partial charge in [0.2, 0.25) is 0 Å². The van der Waals surface area contributed by atoms with Gasteiger partial charge >= 0.3 is 5.97 Å². The Balaban J connectivity index is 2.03. The summed E-state index contributed by atoms with van der Waals surface area (Å²) in [7, 11) is 1.66. The summed E-state index contributed by atoms with van der Waals surface area (Å²) in [4.78, 5) is 23.2. The Morgan fingerprint density at radius 1 is 1.26 bits per heavy atom. The van der Waals surface area contributed by atoms with Gasteiger partial charge in [0.05, 0.1) is 0 Å². The van der Waals surface area contributed by atoms with Crippen molar-refractivity contribution >= 4 is 11.8 Å². The first-order valence-electron chi connectivity index (χ1n) is 7.01. The van der Waals surface area contributed by atoms with Gasteiger partial charge in [0, 0.05) is 25.2 Å². The molecule has 1 aliphatic carbocycles. The van der Waals surface area contributed by atoms with Crippen LogP contribution in [0.4, 0.5) is 0 Å². The topological polar surface area (TPSA) is 59.3 Å². The maximum atomic E-state index is 12.2. The second kappa shape index (κ2) is 6.04. The summed E-state index contributed by atoms with van der Waals surface area (Å²) in [6, 6.07) is 1.49. The van der Waals surface area contributed by atoms with E-state index in [1.807, 2.05) is 0 Å². The number of aryl methyl sites for hydroxylation is 1. The second-order valence-electron chi connectivity index (χ2n) is 5.51. The zero-order chi connectivity index (χ0) is 13.8. The molecular formula is C15H21NO3. The first kappa shape index (κ1) is 13.8. The van der Waals surface area contributed by atoms with Crippen LogP contribution in [0.5, 0.6) is 0 Å². The molecule has 1 aromatic rings. The summed E-state index contributed by atoms with van der Waals surface area (Å²) >= 11 is 0. The number of ketones is 1. The molecule has 1 saturated carbocycles. The quantitative estimate of drug-likeness (QED) is 0.670. The number of carbonyl (C=O) groups is 2. The molecule has 0 aromatic carbocycles. The number of carboxylic acids is 1. The Bertz CT molecular complexity index is 468. The van der Waals surface area contributed by atoms with Crippen LogP contribution in [0.2, 0.25) is 0 Å². The molecule has 2 rings (SSSR count). The minimum absolute atomic E-state index is 0.0787. The average Bonchev–Trinajstić information content (AvgIpc) is 2.58. The lowest BCUT2D eigenvalue weighted by Crippen LogP contribution is -2.07. The lowest BCUT2D eigenvalue weighted by atomic mass is 9.93. The third-order valence-corrected chi connectivity index (χ3v) is 3.99. The highest BCUT2D eigenvalue weighted by atomic mass is 16.4. The van der Waals surface area contributed by atoms with Crippen molar-refractivity contribution in [3.05, 3.63) is 23.5 Å². The van der Waals surface area contributed by atoms with Gasteiger partial charge in [0.15, 0.2) is 5.78 Å². The standard InChI is InChI=1S/C15H21NO3/c1-16-10-12(9-13(16)15(18)19)14(17)8-11-6-4-2-3-5-7-11/h9-11H,2-8H2,1H3,(H,18,19). The molecule has 0 atom stereocenters. The molecule has 0 bridgehead atoms. The van der Waals surface area contributed by atoms with Gasteiger partial charge in [-0.25, -0.2) is 4.79 Å². The normalized spacial score (nSPS) is 17.1. The molecule has 0 aliphatic heterocycles. The highest BCUT2D eigenvalue weighted by Crippen LogP contribution is 2.26. The van der Waals surface area contributed by atoms with E-state index < -0.39 is 5.97 Å². The van der Waals surface area contributed by atoms with E-state index in [4.69, 9.17) is 5.11 Å². The van der Waals surface area contributed by atoms with Crippen LogP contribution in [0.15, 0.2) is 12.3 Å². The number of nitrogens with zero attached hydrogens (tertiary/aromatic N) is 1. The van der Waals surface area contributed by atoms with Crippen molar-refractivity contribution < 1.29 is 14.7 Å². The monoisotopic (exact) mass is 263 g/mol. The number of Topliss-reactive ketones (excluding diaryl/α,β-unsaturated/α-hetero) is 1. The van der Waals surface area contributed by atoms with Gasteiger partial charge in [-0.2, -0.15) is 0 Å². The Morgan fingerprint density at radius 3 is 2.42 bits per heavy atom. The van der Waals surface area contributed by atoms with Crippen LogP contribution in [-0.2, 0) is 7.05 Å². The number of aromatic carboxylic acids is 1. The van der Waals surface area contributed by atoms with Crippen LogP contribution in [0.1, 0.15) is 65.8 Å². The predicted octanol–water partition coefficient (Wildman–Crippen LogP) is 3.27. The highest BCUT2D eigenvalue weighted by Gasteiger charge is 2.19. The van der Waals surface area contributed by atoms with Crippen molar-refractivity contribution in [2.24, 2.45) is 13.0 Å². The Hall–Kier alpha value is -1.58. The number of hydrogen-bond acceptors (Lipinski definition) is 2. The largest absolute Gasteiger partial charge is 0.477 e. The molecule has 1 fully saturated rings. The third-order valence-electron chi connectivity index (χ3n) is 3.99.